The minimum absolute atomic E-state index is 0.00446. The maximum absolute atomic E-state index is 13.1. The fraction of sp³-hybridized carbons (Fsp3) is 0.529. The van der Waals surface area contributed by atoms with Crippen LogP contribution >= 0.6 is 0 Å². The topological polar surface area (TPSA) is 125 Å². The summed E-state index contributed by atoms with van der Waals surface area (Å²) in [5, 5.41) is 24.2. The Labute approximate surface area is 260 Å². The van der Waals surface area contributed by atoms with E-state index in [-0.39, 0.29) is 24.4 Å². The number of nitro benzene ring substituents is 1. The lowest BCUT2D eigenvalue weighted by atomic mass is 9.88. The molecule has 2 aliphatic rings. The number of likely N-dealkylation sites (tertiary alicyclic amines) is 1. The van der Waals surface area contributed by atoms with Crippen LogP contribution in [0, 0.1) is 22.0 Å². The molecule has 10 heteroatoms. The average Bonchev–Trinajstić information content (AvgIpc) is 3.41. The number of rotatable bonds is 14. The van der Waals surface area contributed by atoms with Gasteiger partial charge in [-0.2, -0.15) is 0 Å². The molecule has 0 unspecified atom stereocenters. The number of hydrogen-bond acceptors (Lipinski definition) is 7. The molecule has 2 fully saturated rings. The second kappa shape index (κ2) is 15.8. The van der Waals surface area contributed by atoms with Crippen LogP contribution < -0.4 is 5.32 Å². The first-order valence-corrected chi connectivity index (χ1v) is 15.7. The van der Waals surface area contributed by atoms with Crippen molar-refractivity contribution in [1.29, 1.82) is 0 Å². The van der Waals surface area contributed by atoms with Crippen LogP contribution in [-0.4, -0.2) is 76.2 Å². The Morgan fingerprint density at radius 2 is 1.82 bits per heavy atom. The first kappa shape index (κ1) is 33.1. The van der Waals surface area contributed by atoms with Gasteiger partial charge in [-0.05, 0) is 73.1 Å². The molecule has 1 saturated carbocycles. The summed E-state index contributed by atoms with van der Waals surface area (Å²) in [6, 6.07) is 16.2. The molecule has 238 valence electrons. The summed E-state index contributed by atoms with van der Waals surface area (Å²) in [5.74, 6) is 0.269. The van der Waals surface area contributed by atoms with Crippen molar-refractivity contribution >= 4 is 17.7 Å². The number of nitrogens with one attached hydrogen (secondary N) is 1. The number of nitrogens with zero attached hydrogens (tertiary/aromatic N) is 3. The molecule has 0 bridgehead atoms. The van der Waals surface area contributed by atoms with Crippen molar-refractivity contribution < 1.29 is 24.4 Å². The number of piperidine rings is 1. The van der Waals surface area contributed by atoms with E-state index >= 15 is 0 Å². The van der Waals surface area contributed by atoms with Crippen molar-refractivity contribution in [3.63, 3.8) is 0 Å². The van der Waals surface area contributed by atoms with Gasteiger partial charge in [-0.25, -0.2) is 4.79 Å². The van der Waals surface area contributed by atoms with E-state index in [1.165, 1.54) is 17.7 Å². The van der Waals surface area contributed by atoms with E-state index in [0.717, 1.165) is 45.3 Å². The standard InChI is InChI=1S/C34H46N4O6/c1-4-16-37(34(41)44-23-25-10-12-30(13-11-25)38(42)43)29-14-17-36(18-15-29)22-27-20-28(35-32(33(39)40)19-24(2)3)21-31(27)26-8-6-5-7-9-26/h4-13,24,27-29,31-32,35H,1,14-23H2,2-3H3,(H,39,40)/t27-,28+,31-,32-/m0/s1. The summed E-state index contributed by atoms with van der Waals surface area (Å²) >= 11 is 0. The van der Waals surface area contributed by atoms with Crippen molar-refractivity contribution in [2.75, 3.05) is 26.2 Å². The highest BCUT2D eigenvalue weighted by molar-refractivity contribution is 5.73. The third kappa shape index (κ3) is 9.12. The van der Waals surface area contributed by atoms with E-state index in [1.54, 1.807) is 23.1 Å². The maximum atomic E-state index is 13.1. The molecule has 4 atom stereocenters. The lowest BCUT2D eigenvalue weighted by Gasteiger charge is -2.39. The summed E-state index contributed by atoms with van der Waals surface area (Å²) in [7, 11) is 0. The number of non-ortho nitro benzene ring substituents is 1. The molecule has 0 aromatic heterocycles. The van der Waals surface area contributed by atoms with Gasteiger partial charge in [-0.1, -0.05) is 50.3 Å². The maximum Gasteiger partial charge on any atom is 0.410 e. The van der Waals surface area contributed by atoms with Crippen LogP contribution in [0.25, 0.3) is 0 Å². The van der Waals surface area contributed by atoms with Gasteiger partial charge >= 0.3 is 12.1 Å². The second-order valence-corrected chi connectivity index (χ2v) is 12.6. The van der Waals surface area contributed by atoms with Crippen molar-refractivity contribution in [3.05, 3.63) is 88.5 Å². The van der Waals surface area contributed by atoms with Crippen LogP contribution in [-0.2, 0) is 16.1 Å². The first-order valence-electron chi connectivity index (χ1n) is 15.7. The summed E-state index contributed by atoms with van der Waals surface area (Å²) in [5.41, 5.74) is 1.99. The molecule has 1 aliphatic heterocycles. The van der Waals surface area contributed by atoms with Gasteiger partial charge in [0.15, 0.2) is 0 Å². The largest absolute Gasteiger partial charge is 0.480 e. The van der Waals surface area contributed by atoms with E-state index < -0.39 is 23.0 Å². The van der Waals surface area contributed by atoms with Gasteiger partial charge in [0.1, 0.15) is 12.6 Å². The fourth-order valence-electron chi connectivity index (χ4n) is 6.77. The highest BCUT2D eigenvalue weighted by Gasteiger charge is 2.39. The number of carbonyl (C=O) groups is 2. The third-order valence-electron chi connectivity index (χ3n) is 8.92. The Bertz CT molecular complexity index is 1250. The smallest absolute Gasteiger partial charge is 0.410 e. The Balaban J connectivity index is 1.34. The molecule has 0 spiro atoms. The molecule has 1 heterocycles. The highest BCUT2D eigenvalue weighted by atomic mass is 16.6. The zero-order valence-corrected chi connectivity index (χ0v) is 25.8. The number of hydrogen-bond donors (Lipinski definition) is 2. The molecule has 1 aliphatic carbocycles. The van der Waals surface area contributed by atoms with E-state index in [4.69, 9.17) is 4.74 Å². The number of nitro groups is 1. The quantitative estimate of drug-likeness (QED) is 0.156. The van der Waals surface area contributed by atoms with Crippen LogP contribution in [0.15, 0.2) is 67.3 Å². The van der Waals surface area contributed by atoms with Crippen LogP contribution in [0.1, 0.15) is 63.0 Å². The van der Waals surface area contributed by atoms with E-state index in [9.17, 15) is 24.8 Å². The normalized spacial score (nSPS) is 21.6. The molecule has 1 amide bonds. The van der Waals surface area contributed by atoms with E-state index in [1.807, 2.05) is 6.07 Å². The zero-order chi connectivity index (χ0) is 31.6. The highest BCUT2D eigenvalue weighted by Crippen LogP contribution is 2.41. The zero-order valence-electron chi connectivity index (χ0n) is 25.8. The van der Waals surface area contributed by atoms with Crippen molar-refractivity contribution in [2.45, 2.75) is 76.6 Å². The number of carboxylic acid groups (broad SMARTS) is 1. The summed E-state index contributed by atoms with van der Waals surface area (Å²) in [6.07, 6.45) is 5.39. The predicted octanol–water partition coefficient (Wildman–Crippen LogP) is 5.84. The summed E-state index contributed by atoms with van der Waals surface area (Å²) < 4.78 is 5.59. The molecular formula is C34H46N4O6. The van der Waals surface area contributed by atoms with E-state index in [2.05, 4.69) is 54.9 Å². The molecule has 2 aromatic rings. The van der Waals surface area contributed by atoms with Gasteiger partial charge in [0.05, 0.1) is 4.92 Å². The SMILES string of the molecule is C=CCN(C(=O)OCc1ccc([N+](=O)[O-])cc1)C1CCN(C[C@@H]2C[C@@H](N[C@@H](CC(C)C)C(=O)O)C[C@H]2c2ccccc2)CC1. The van der Waals surface area contributed by atoms with Gasteiger partial charge in [0.25, 0.3) is 5.69 Å². The lowest BCUT2D eigenvalue weighted by Crippen LogP contribution is -2.48. The average molecular weight is 607 g/mol. The molecular weight excluding hydrogens is 560 g/mol. The van der Waals surface area contributed by atoms with Gasteiger partial charge in [0, 0.05) is 50.4 Å². The Kier molecular flexibility index (Phi) is 11.9. The van der Waals surface area contributed by atoms with Crippen molar-refractivity contribution in [2.24, 2.45) is 11.8 Å². The third-order valence-corrected chi connectivity index (χ3v) is 8.92. The van der Waals surface area contributed by atoms with Crippen LogP contribution in [0.2, 0.25) is 0 Å². The van der Waals surface area contributed by atoms with Crippen molar-refractivity contribution in [3.8, 4) is 0 Å². The van der Waals surface area contributed by atoms with Crippen molar-refractivity contribution in [1.82, 2.24) is 15.1 Å². The Morgan fingerprint density at radius 1 is 1.14 bits per heavy atom. The molecule has 4 rings (SSSR count). The first-order chi connectivity index (χ1) is 21.1. The second-order valence-electron chi connectivity index (χ2n) is 12.6. The minimum Gasteiger partial charge on any atom is -0.480 e. The van der Waals surface area contributed by atoms with E-state index in [0.29, 0.717) is 36.3 Å². The Morgan fingerprint density at radius 3 is 2.41 bits per heavy atom. The number of amides is 1. The van der Waals surface area contributed by atoms with Gasteiger partial charge in [0.2, 0.25) is 0 Å². The lowest BCUT2D eigenvalue weighted by molar-refractivity contribution is -0.384. The predicted molar refractivity (Wildman–Crippen MR) is 169 cm³/mol. The number of aliphatic carboxylic acids is 1. The molecule has 1 saturated heterocycles. The van der Waals surface area contributed by atoms with Crippen LogP contribution in [0.3, 0.4) is 0 Å². The molecule has 0 radical (unpaired) electrons. The molecule has 10 nitrogen and oxygen atoms in total. The number of carboxylic acids is 1. The molecule has 2 aromatic carbocycles. The van der Waals surface area contributed by atoms with Crippen LogP contribution in [0.5, 0.6) is 0 Å². The molecule has 2 N–H and O–H groups in total. The summed E-state index contributed by atoms with van der Waals surface area (Å²) in [6.45, 7) is 11.0. The number of ether oxygens (including phenoxy) is 1. The van der Waals surface area contributed by atoms with Crippen LogP contribution in [0.4, 0.5) is 10.5 Å². The fourth-order valence-corrected chi connectivity index (χ4v) is 6.77. The minimum atomic E-state index is -0.782. The monoisotopic (exact) mass is 606 g/mol. The van der Waals surface area contributed by atoms with Gasteiger partial charge < -0.3 is 25.0 Å². The van der Waals surface area contributed by atoms with Gasteiger partial charge in [-0.3, -0.25) is 14.9 Å². The van der Waals surface area contributed by atoms with Gasteiger partial charge in [-0.15, -0.1) is 6.58 Å². The number of benzene rings is 2. The summed E-state index contributed by atoms with van der Waals surface area (Å²) in [4.78, 5) is 39.7. The Hall–Kier alpha value is -3.76. The molecule has 44 heavy (non-hydrogen) atoms. The number of carbonyl (C=O) groups excluding carboxylic acids is 1.